The molecular formula is C61H43N3O. The molecule has 308 valence electrons. The van der Waals surface area contributed by atoms with Crippen LogP contribution in [-0.4, -0.2) is 15.0 Å². The molecule has 0 bridgehead atoms. The molecule has 0 amide bonds. The van der Waals surface area contributed by atoms with E-state index in [2.05, 4.69) is 226 Å². The SMILES string of the molecule is CC1(C)c2ccccc2C2(c3ccccc3Oc3c(-c4cccc(-c5nc(-c6cccc(-c7ccccc7)c6)nc(-c6cccc(-c7ccccc7)c6)n5)c4)cccc32)c2ccccc21. The molecule has 1 spiro atoms. The number of benzene rings is 9. The second-order valence-electron chi connectivity index (χ2n) is 17.5. The third-order valence-corrected chi connectivity index (χ3v) is 13.5. The molecule has 10 aromatic rings. The minimum absolute atomic E-state index is 0.203. The van der Waals surface area contributed by atoms with E-state index in [1.54, 1.807) is 0 Å². The summed E-state index contributed by atoms with van der Waals surface area (Å²) in [4.78, 5) is 15.7. The van der Waals surface area contributed by atoms with Gasteiger partial charge in [0.1, 0.15) is 11.5 Å². The number of fused-ring (bicyclic) bond motifs is 8. The van der Waals surface area contributed by atoms with Crippen molar-refractivity contribution in [3.8, 4) is 79.0 Å². The first kappa shape index (κ1) is 38.5. The van der Waals surface area contributed by atoms with Crippen molar-refractivity contribution in [2.45, 2.75) is 24.7 Å². The summed E-state index contributed by atoms with van der Waals surface area (Å²) in [6, 6.07) is 79.5. The molecule has 1 aliphatic carbocycles. The van der Waals surface area contributed by atoms with Crippen LogP contribution in [0, 0.1) is 0 Å². The summed E-state index contributed by atoms with van der Waals surface area (Å²) in [5, 5.41) is 0. The average molecular weight is 834 g/mol. The van der Waals surface area contributed by atoms with E-state index < -0.39 is 5.41 Å². The van der Waals surface area contributed by atoms with Crippen LogP contribution >= 0.6 is 0 Å². The summed E-state index contributed by atoms with van der Waals surface area (Å²) in [5.74, 6) is 3.51. The number of para-hydroxylation sites is 2. The van der Waals surface area contributed by atoms with Crippen molar-refractivity contribution in [3.63, 3.8) is 0 Å². The van der Waals surface area contributed by atoms with Crippen molar-refractivity contribution in [1.29, 1.82) is 0 Å². The van der Waals surface area contributed by atoms with Gasteiger partial charge in [0.25, 0.3) is 0 Å². The maximum atomic E-state index is 7.13. The predicted molar refractivity (Wildman–Crippen MR) is 263 cm³/mol. The van der Waals surface area contributed by atoms with E-state index in [9.17, 15) is 0 Å². The molecule has 9 aromatic carbocycles. The molecule has 12 rings (SSSR count). The van der Waals surface area contributed by atoms with Crippen LogP contribution in [-0.2, 0) is 10.8 Å². The van der Waals surface area contributed by atoms with Crippen molar-refractivity contribution in [1.82, 2.24) is 15.0 Å². The summed E-state index contributed by atoms with van der Waals surface area (Å²) in [7, 11) is 0. The maximum absolute atomic E-state index is 7.13. The van der Waals surface area contributed by atoms with Crippen molar-refractivity contribution >= 4 is 0 Å². The summed E-state index contributed by atoms with van der Waals surface area (Å²) in [6.45, 7) is 4.70. The highest BCUT2D eigenvalue weighted by molar-refractivity contribution is 5.84. The Balaban J connectivity index is 1.04. The number of ether oxygens (including phenoxy) is 1. The molecule has 1 aliphatic heterocycles. The van der Waals surface area contributed by atoms with E-state index >= 15 is 0 Å². The molecule has 2 aliphatic rings. The smallest absolute Gasteiger partial charge is 0.164 e. The largest absolute Gasteiger partial charge is 0.456 e. The van der Waals surface area contributed by atoms with Gasteiger partial charge in [-0.15, -0.1) is 0 Å². The van der Waals surface area contributed by atoms with E-state index in [-0.39, 0.29) is 5.41 Å². The molecule has 2 heterocycles. The molecule has 0 radical (unpaired) electrons. The Labute approximate surface area is 379 Å². The van der Waals surface area contributed by atoms with E-state index in [0.29, 0.717) is 17.5 Å². The van der Waals surface area contributed by atoms with Crippen LogP contribution in [0.25, 0.3) is 67.5 Å². The Morgan fingerprint density at radius 2 is 0.677 bits per heavy atom. The van der Waals surface area contributed by atoms with Gasteiger partial charge in [0.05, 0.1) is 5.41 Å². The Hall–Kier alpha value is -8.21. The summed E-state index contributed by atoms with van der Waals surface area (Å²) in [6.07, 6.45) is 0. The molecule has 0 atom stereocenters. The van der Waals surface area contributed by atoms with Crippen molar-refractivity contribution in [3.05, 3.63) is 258 Å². The molecule has 0 saturated heterocycles. The fourth-order valence-corrected chi connectivity index (χ4v) is 10.4. The molecule has 0 fully saturated rings. The normalized spacial score (nSPS) is 13.8. The zero-order valence-corrected chi connectivity index (χ0v) is 36.1. The van der Waals surface area contributed by atoms with Crippen molar-refractivity contribution in [2.75, 3.05) is 0 Å². The van der Waals surface area contributed by atoms with Crippen LogP contribution < -0.4 is 4.74 Å². The molecule has 1 aromatic heterocycles. The van der Waals surface area contributed by atoms with Gasteiger partial charge in [0, 0.05) is 38.8 Å². The van der Waals surface area contributed by atoms with Gasteiger partial charge < -0.3 is 4.74 Å². The Morgan fingerprint density at radius 3 is 1.20 bits per heavy atom. The lowest BCUT2D eigenvalue weighted by Gasteiger charge is -2.50. The molecule has 4 nitrogen and oxygen atoms in total. The van der Waals surface area contributed by atoms with Gasteiger partial charge in [0.15, 0.2) is 17.5 Å². The van der Waals surface area contributed by atoms with Crippen molar-refractivity contribution in [2.24, 2.45) is 0 Å². The van der Waals surface area contributed by atoms with E-state index in [0.717, 1.165) is 72.7 Å². The first-order valence-corrected chi connectivity index (χ1v) is 22.3. The Kier molecular flexibility index (Phi) is 9.03. The second kappa shape index (κ2) is 15.3. The summed E-state index contributed by atoms with van der Waals surface area (Å²) in [5.41, 5.74) is 15.8. The van der Waals surface area contributed by atoms with Gasteiger partial charge in [-0.3, -0.25) is 0 Å². The quantitative estimate of drug-likeness (QED) is 0.167. The van der Waals surface area contributed by atoms with E-state index in [1.165, 1.54) is 22.3 Å². The highest BCUT2D eigenvalue weighted by atomic mass is 16.5. The van der Waals surface area contributed by atoms with Gasteiger partial charge >= 0.3 is 0 Å². The van der Waals surface area contributed by atoms with Gasteiger partial charge in [-0.2, -0.15) is 0 Å². The fourth-order valence-electron chi connectivity index (χ4n) is 10.4. The lowest BCUT2D eigenvalue weighted by atomic mass is 9.53. The number of hydrogen-bond acceptors (Lipinski definition) is 4. The topological polar surface area (TPSA) is 47.9 Å². The first-order chi connectivity index (χ1) is 32.0. The zero-order valence-electron chi connectivity index (χ0n) is 36.1. The number of rotatable bonds is 6. The van der Waals surface area contributed by atoms with Crippen LogP contribution in [0.4, 0.5) is 0 Å². The van der Waals surface area contributed by atoms with Crippen LogP contribution in [0.5, 0.6) is 11.5 Å². The van der Waals surface area contributed by atoms with Crippen LogP contribution in [0.2, 0.25) is 0 Å². The number of nitrogens with zero attached hydrogens (tertiary/aromatic N) is 3. The highest BCUT2D eigenvalue weighted by Crippen LogP contribution is 2.62. The lowest BCUT2D eigenvalue weighted by molar-refractivity contribution is 0.427. The third kappa shape index (κ3) is 6.24. The predicted octanol–water partition coefficient (Wildman–Crippen LogP) is 15.0. The molecular weight excluding hydrogens is 791 g/mol. The average Bonchev–Trinajstić information content (AvgIpc) is 3.38. The minimum Gasteiger partial charge on any atom is -0.456 e. The molecule has 0 saturated carbocycles. The van der Waals surface area contributed by atoms with E-state index in [1.807, 2.05) is 12.1 Å². The second-order valence-corrected chi connectivity index (χ2v) is 17.5. The third-order valence-electron chi connectivity index (χ3n) is 13.5. The number of aromatic nitrogens is 3. The molecule has 4 heteroatoms. The minimum atomic E-state index is -0.610. The molecule has 65 heavy (non-hydrogen) atoms. The summed E-state index contributed by atoms with van der Waals surface area (Å²) >= 11 is 0. The Bertz CT molecular complexity index is 3300. The van der Waals surface area contributed by atoms with Crippen LogP contribution in [0.15, 0.2) is 224 Å². The highest BCUT2D eigenvalue weighted by Gasteiger charge is 2.53. The van der Waals surface area contributed by atoms with Gasteiger partial charge in [-0.1, -0.05) is 214 Å². The fraction of sp³-hybridized carbons (Fsp3) is 0.0656. The zero-order chi connectivity index (χ0) is 43.5. The van der Waals surface area contributed by atoms with Gasteiger partial charge in [-0.25, -0.2) is 15.0 Å². The Morgan fingerprint density at radius 1 is 0.308 bits per heavy atom. The number of hydrogen-bond donors (Lipinski definition) is 0. The van der Waals surface area contributed by atoms with Crippen LogP contribution in [0.3, 0.4) is 0 Å². The standard InChI is InChI=1S/C61H43N3O/c1-60(2)49-30-9-11-32-51(49)61(52-33-12-10-31-50(52)60)53-34-13-14-36-55(53)65-56-48(29-18-35-54(56)61)44-25-17-28-47(39-44)59-63-57(45-26-15-23-42(37-45)40-19-5-3-6-20-40)62-58(64-59)46-27-16-24-43(38-46)41-21-7-4-8-22-41/h3-39H,1-2H3. The monoisotopic (exact) mass is 833 g/mol. The van der Waals surface area contributed by atoms with Crippen molar-refractivity contribution < 1.29 is 4.74 Å². The molecule has 0 N–H and O–H groups in total. The first-order valence-electron chi connectivity index (χ1n) is 22.3. The molecule has 0 unspecified atom stereocenters. The van der Waals surface area contributed by atoms with E-state index in [4.69, 9.17) is 19.7 Å². The van der Waals surface area contributed by atoms with Crippen LogP contribution in [0.1, 0.15) is 47.2 Å². The maximum Gasteiger partial charge on any atom is 0.164 e. The summed E-state index contributed by atoms with van der Waals surface area (Å²) < 4.78 is 7.13. The lowest BCUT2D eigenvalue weighted by Crippen LogP contribution is -2.43. The van der Waals surface area contributed by atoms with Gasteiger partial charge in [0.2, 0.25) is 0 Å². The van der Waals surface area contributed by atoms with Gasteiger partial charge in [-0.05, 0) is 74.3 Å².